The normalized spacial score (nSPS) is 24.0. The van der Waals surface area contributed by atoms with Crippen molar-refractivity contribution in [2.75, 3.05) is 27.4 Å². The Kier molecular flexibility index (Phi) is 20.4. The second kappa shape index (κ2) is 24.7. The maximum atomic E-state index is 12.6. The average molecular weight is 925 g/mol. The zero-order chi connectivity index (χ0) is 48.6. The molecule has 17 heteroatoms. The lowest BCUT2D eigenvalue weighted by Gasteiger charge is -2.28. The number of carbonyl (C=O) groups excluding carboxylic acids is 5. The molecular weight excluding hydrogens is 868 g/mol. The number of aryl methyl sites for hydroxylation is 4. The maximum absolute atomic E-state index is 12.6. The highest BCUT2D eigenvalue weighted by molar-refractivity contribution is 6.62. The molecule has 2 saturated heterocycles. The summed E-state index contributed by atoms with van der Waals surface area (Å²) in [7, 11) is 2.37. The Morgan fingerprint density at radius 1 is 0.554 bits per heavy atom. The quantitative estimate of drug-likeness (QED) is 0.0845. The molecule has 2 heterocycles. The third-order valence-corrected chi connectivity index (χ3v) is 10.00. The van der Waals surface area contributed by atoms with Crippen LogP contribution in [-0.4, -0.2) is 125 Å². The maximum Gasteiger partial charge on any atom is 0.338 e. The van der Waals surface area contributed by atoms with E-state index in [0.29, 0.717) is 22.3 Å². The summed E-state index contributed by atoms with van der Waals surface area (Å²) in [5.41, 5.74) is 1.90. The summed E-state index contributed by atoms with van der Waals surface area (Å²) < 4.78 is 37.8. The van der Waals surface area contributed by atoms with Gasteiger partial charge in [0.05, 0.1) is 22.3 Å². The molecule has 0 aliphatic carbocycles. The molecule has 0 saturated carbocycles. The van der Waals surface area contributed by atoms with Crippen LogP contribution in [0.3, 0.4) is 0 Å². The first-order valence-corrected chi connectivity index (χ1v) is 20.6. The highest BCUT2D eigenvalue weighted by Crippen LogP contribution is 2.35. The molecule has 8 atom stereocenters. The van der Waals surface area contributed by atoms with E-state index in [9.17, 15) is 39.3 Å². The minimum absolute atomic E-state index is 0.214. The van der Waals surface area contributed by atoms with Crippen molar-refractivity contribution in [3.05, 3.63) is 142 Å². The number of ether oxygens (including phenoxy) is 7. The topological polar surface area (TPSA) is 231 Å². The SMILES string of the molecule is CC(=O)Cl.CO.COC1O[C@H](COC(=O)c2ccc(C)cc2)[C@@H](OC(=O)c2ccc(C)cc2)[C@@]1(C)O.Cc1ccc(C(=O)OC[C@H]2OC(O)[C@](C)(O)[C@@H]2OC(=O)c2ccc(C)cc2)cc1. The Morgan fingerprint density at radius 3 is 1.14 bits per heavy atom. The molecule has 16 nitrogen and oxygen atoms in total. The van der Waals surface area contributed by atoms with Crippen LogP contribution in [0.4, 0.5) is 0 Å². The highest BCUT2D eigenvalue weighted by atomic mass is 35.5. The van der Waals surface area contributed by atoms with Crippen LogP contribution in [-0.2, 0) is 38.0 Å². The standard InChI is InChI=1S/C23H26O7.C22H24O7.C2H3ClO.CH4O/c1-14-5-9-16(10-6-14)20(24)28-13-18-19(23(3,26)22(27-4)29-18)30-21(25)17-11-7-15(2)8-12-17;1-13-4-8-15(9-5-13)19(23)27-12-17-18(22(3,26)21(25)28-17)29-20(24)16-10-6-14(2)7-11-16;1-2(3)4;1-2/h5-12,18-19,22,26H,13H2,1-4H3;4-11,17-18,21,25-26H,12H2,1-3H3;1H3;2H,1H3/t18-,19-,22?,23-;17-,18-,21?,22-;;/m11../s1. The van der Waals surface area contributed by atoms with E-state index in [2.05, 4.69) is 11.6 Å². The first kappa shape index (κ1) is 53.8. The lowest BCUT2D eigenvalue weighted by atomic mass is 9.97. The molecule has 6 rings (SSSR count). The monoisotopic (exact) mass is 924 g/mol. The predicted molar refractivity (Wildman–Crippen MR) is 236 cm³/mol. The van der Waals surface area contributed by atoms with Gasteiger partial charge in [0.2, 0.25) is 5.24 Å². The molecule has 65 heavy (non-hydrogen) atoms. The van der Waals surface area contributed by atoms with E-state index in [0.717, 1.165) is 29.4 Å². The molecule has 0 spiro atoms. The van der Waals surface area contributed by atoms with Gasteiger partial charge >= 0.3 is 23.9 Å². The van der Waals surface area contributed by atoms with Gasteiger partial charge in [0.1, 0.15) is 25.4 Å². The lowest BCUT2D eigenvalue weighted by Crippen LogP contribution is -2.49. The summed E-state index contributed by atoms with van der Waals surface area (Å²) in [6.07, 6.45) is -6.88. The first-order valence-electron chi connectivity index (χ1n) is 20.2. The van der Waals surface area contributed by atoms with Gasteiger partial charge in [-0.15, -0.1) is 0 Å². The summed E-state index contributed by atoms with van der Waals surface area (Å²) >= 11 is 4.64. The first-order chi connectivity index (χ1) is 30.6. The van der Waals surface area contributed by atoms with Crippen molar-refractivity contribution in [1.82, 2.24) is 0 Å². The van der Waals surface area contributed by atoms with Gasteiger partial charge in [-0.1, -0.05) is 70.8 Å². The van der Waals surface area contributed by atoms with E-state index in [1.54, 1.807) is 97.1 Å². The van der Waals surface area contributed by atoms with E-state index in [1.165, 1.54) is 27.9 Å². The number of carbonyl (C=O) groups is 5. The van der Waals surface area contributed by atoms with Crippen LogP contribution in [0, 0.1) is 27.7 Å². The van der Waals surface area contributed by atoms with Crippen LogP contribution in [0.5, 0.6) is 0 Å². The molecule has 2 aliphatic rings. The van der Waals surface area contributed by atoms with Crippen molar-refractivity contribution in [3.63, 3.8) is 0 Å². The number of aliphatic hydroxyl groups excluding tert-OH is 2. The van der Waals surface area contributed by atoms with Crippen molar-refractivity contribution in [3.8, 4) is 0 Å². The van der Waals surface area contributed by atoms with Crippen molar-refractivity contribution in [2.24, 2.45) is 0 Å². The molecular formula is C48H57ClO16. The number of rotatable bonds is 11. The molecule has 2 fully saturated rings. The number of hydrogen-bond donors (Lipinski definition) is 4. The Bertz CT molecular complexity index is 2170. The molecule has 4 N–H and O–H groups in total. The predicted octanol–water partition coefficient (Wildman–Crippen LogP) is 5.34. The van der Waals surface area contributed by atoms with Gasteiger partial charge in [0, 0.05) is 21.1 Å². The molecule has 0 radical (unpaired) electrons. The minimum atomic E-state index is -1.86. The van der Waals surface area contributed by atoms with Crippen LogP contribution in [0.2, 0.25) is 0 Å². The van der Waals surface area contributed by atoms with E-state index >= 15 is 0 Å². The van der Waals surface area contributed by atoms with Gasteiger partial charge in [-0.25, -0.2) is 19.2 Å². The van der Waals surface area contributed by atoms with Crippen LogP contribution in [0.1, 0.15) is 84.5 Å². The minimum Gasteiger partial charge on any atom is -0.459 e. The fraction of sp³-hybridized carbons (Fsp3) is 0.396. The highest BCUT2D eigenvalue weighted by Gasteiger charge is 2.57. The molecule has 352 valence electrons. The second-order valence-corrected chi connectivity index (χ2v) is 16.0. The number of aliphatic hydroxyl groups is 4. The largest absolute Gasteiger partial charge is 0.459 e. The number of halogens is 1. The number of hydrogen-bond acceptors (Lipinski definition) is 16. The zero-order valence-corrected chi connectivity index (χ0v) is 38.4. The Labute approximate surface area is 382 Å². The molecule has 0 bridgehead atoms. The van der Waals surface area contributed by atoms with Crippen molar-refractivity contribution in [1.29, 1.82) is 0 Å². The van der Waals surface area contributed by atoms with Gasteiger partial charge in [0.15, 0.2) is 36.0 Å². The third kappa shape index (κ3) is 15.3. The Morgan fingerprint density at radius 2 is 0.831 bits per heavy atom. The Hall–Kier alpha value is -5.56. The van der Waals surface area contributed by atoms with Gasteiger partial charge in [-0.3, -0.25) is 4.79 Å². The summed E-state index contributed by atoms with van der Waals surface area (Å²) in [6, 6.07) is 27.4. The van der Waals surface area contributed by atoms with E-state index in [4.69, 9.17) is 38.3 Å². The molecule has 0 amide bonds. The van der Waals surface area contributed by atoms with E-state index < -0.39 is 72.1 Å². The van der Waals surface area contributed by atoms with Crippen molar-refractivity contribution < 1.29 is 77.6 Å². The summed E-state index contributed by atoms with van der Waals surface area (Å²) in [6.45, 7) is 11.1. The molecule has 4 aromatic rings. The van der Waals surface area contributed by atoms with Crippen molar-refractivity contribution in [2.45, 2.75) is 96.7 Å². The number of methoxy groups -OCH3 is 1. The lowest BCUT2D eigenvalue weighted by molar-refractivity contribution is -0.187. The fourth-order valence-electron chi connectivity index (χ4n) is 6.32. The zero-order valence-electron chi connectivity index (χ0n) is 37.7. The average Bonchev–Trinajstić information content (AvgIpc) is 3.64. The third-order valence-electron chi connectivity index (χ3n) is 10.00. The smallest absolute Gasteiger partial charge is 0.338 e. The Balaban J connectivity index is 0.000000308. The molecule has 2 aliphatic heterocycles. The molecule has 2 unspecified atom stereocenters. The van der Waals surface area contributed by atoms with Crippen molar-refractivity contribution >= 4 is 40.7 Å². The van der Waals surface area contributed by atoms with Gasteiger partial charge < -0.3 is 53.6 Å². The summed E-state index contributed by atoms with van der Waals surface area (Å²) in [4.78, 5) is 58.8. The number of benzene rings is 4. The number of esters is 4. The summed E-state index contributed by atoms with van der Waals surface area (Å²) in [5.74, 6) is -2.42. The molecule has 4 aromatic carbocycles. The van der Waals surface area contributed by atoms with Gasteiger partial charge in [-0.2, -0.15) is 0 Å². The van der Waals surface area contributed by atoms with E-state index in [-0.39, 0.29) is 18.5 Å². The van der Waals surface area contributed by atoms with Crippen LogP contribution >= 0.6 is 11.6 Å². The van der Waals surface area contributed by atoms with Gasteiger partial charge in [0.25, 0.3) is 0 Å². The molecule has 0 aromatic heterocycles. The summed E-state index contributed by atoms with van der Waals surface area (Å²) in [5, 5.41) is 38.1. The fourth-order valence-corrected chi connectivity index (χ4v) is 6.32. The van der Waals surface area contributed by atoms with Crippen LogP contribution < -0.4 is 0 Å². The van der Waals surface area contributed by atoms with Crippen LogP contribution in [0.15, 0.2) is 97.1 Å². The second-order valence-electron chi connectivity index (χ2n) is 15.5. The van der Waals surface area contributed by atoms with Crippen LogP contribution in [0.25, 0.3) is 0 Å². The van der Waals surface area contributed by atoms with E-state index in [1.807, 2.05) is 27.7 Å². The van der Waals surface area contributed by atoms with Gasteiger partial charge in [-0.05, 0) is 102 Å².